The number of carbonyl (C=O) groups excluding carboxylic acids is 1. The van der Waals surface area contributed by atoms with E-state index in [2.05, 4.69) is 34.3 Å². The standard InChI is InChI=1S/C10H18N4O/c1-3-14(4-2)8-7-11-10(15)9-5-6-12-13-9/h5-6H,3-4,7-8H2,1-2H3,(H,11,15)(H,12,13). The number of aromatic nitrogens is 2. The number of carbonyl (C=O) groups is 1. The van der Waals surface area contributed by atoms with Crippen LogP contribution in [0, 0.1) is 0 Å². The van der Waals surface area contributed by atoms with Gasteiger partial charge in [-0.25, -0.2) is 0 Å². The van der Waals surface area contributed by atoms with Gasteiger partial charge in [-0.3, -0.25) is 9.89 Å². The molecule has 0 fully saturated rings. The van der Waals surface area contributed by atoms with E-state index in [9.17, 15) is 4.79 Å². The highest BCUT2D eigenvalue weighted by Gasteiger charge is 2.05. The van der Waals surface area contributed by atoms with Crippen molar-refractivity contribution in [1.29, 1.82) is 0 Å². The minimum atomic E-state index is -0.0975. The molecule has 0 unspecified atom stereocenters. The van der Waals surface area contributed by atoms with Gasteiger partial charge in [-0.15, -0.1) is 0 Å². The molecule has 0 aromatic carbocycles. The molecule has 15 heavy (non-hydrogen) atoms. The zero-order chi connectivity index (χ0) is 11.1. The van der Waals surface area contributed by atoms with Crippen LogP contribution in [-0.4, -0.2) is 47.2 Å². The maximum atomic E-state index is 11.5. The van der Waals surface area contributed by atoms with Gasteiger partial charge in [0, 0.05) is 19.3 Å². The van der Waals surface area contributed by atoms with Gasteiger partial charge in [-0.2, -0.15) is 5.10 Å². The monoisotopic (exact) mass is 210 g/mol. The number of amides is 1. The van der Waals surface area contributed by atoms with Gasteiger partial charge in [-0.05, 0) is 19.2 Å². The third-order valence-electron chi connectivity index (χ3n) is 2.35. The molecule has 0 aliphatic rings. The van der Waals surface area contributed by atoms with Gasteiger partial charge >= 0.3 is 0 Å². The number of nitrogens with zero attached hydrogens (tertiary/aromatic N) is 2. The molecule has 0 spiro atoms. The second-order valence-corrected chi connectivity index (χ2v) is 3.25. The summed E-state index contributed by atoms with van der Waals surface area (Å²) in [5.74, 6) is -0.0975. The molecule has 2 N–H and O–H groups in total. The van der Waals surface area contributed by atoms with E-state index < -0.39 is 0 Å². The Hall–Kier alpha value is -1.36. The Bertz CT molecular complexity index is 280. The van der Waals surface area contributed by atoms with E-state index in [0.717, 1.165) is 19.6 Å². The number of rotatable bonds is 6. The van der Waals surface area contributed by atoms with Crippen LogP contribution < -0.4 is 5.32 Å². The van der Waals surface area contributed by atoms with Crippen molar-refractivity contribution in [3.05, 3.63) is 18.0 Å². The number of aromatic amines is 1. The number of likely N-dealkylation sites (N-methyl/N-ethyl adjacent to an activating group) is 1. The van der Waals surface area contributed by atoms with Gasteiger partial charge in [0.2, 0.25) is 0 Å². The van der Waals surface area contributed by atoms with Crippen LogP contribution >= 0.6 is 0 Å². The average molecular weight is 210 g/mol. The first kappa shape index (κ1) is 11.7. The first-order valence-corrected chi connectivity index (χ1v) is 5.27. The van der Waals surface area contributed by atoms with E-state index in [4.69, 9.17) is 0 Å². The van der Waals surface area contributed by atoms with Gasteiger partial charge in [-0.1, -0.05) is 13.8 Å². The molecule has 5 nitrogen and oxygen atoms in total. The highest BCUT2D eigenvalue weighted by atomic mass is 16.1. The minimum absolute atomic E-state index is 0.0975. The molecule has 1 aromatic heterocycles. The van der Waals surface area contributed by atoms with Crippen molar-refractivity contribution in [2.75, 3.05) is 26.2 Å². The second-order valence-electron chi connectivity index (χ2n) is 3.25. The summed E-state index contributed by atoms with van der Waals surface area (Å²) in [7, 11) is 0. The van der Waals surface area contributed by atoms with Crippen molar-refractivity contribution in [3.8, 4) is 0 Å². The first-order chi connectivity index (χ1) is 7.27. The lowest BCUT2D eigenvalue weighted by Gasteiger charge is -2.17. The zero-order valence-electron chi connectivity index (χ0n) is 9.29. The van der Waals surface area contributed by atoms with Crippen molar-refractivity contribution in [1.82, 2.24) is 20.4 Å². The van der Waals surface area contributed by atoms with Crippen molar-refractivity contribution < 1.29 is 4.79 Å². The molecule has 1 heterocycles. The van der Waals surface area contributed by atoms with E-state index in [-0.39, 0.29) is 5.91 Å². The van der Waals surface area contributed by atoms with Crippen LogP contribution in [0.5, 0.6) is 0 Å². The third kappa shape index (κ3) is 3.71. The van der Waals surface area contributed by atoms with Crippen molar-refractivity contribution in [3.63, 3.8) is 0 Å². The normalized spacial score (nSPS) is 10.6. The van der Waals surface area contributed by atoms with E-state index in [0.29, 0.717) is 12.2 Å². The van der Waals surface area contributed by atoms with Crippen molar-refractivity contribution in [2.45, 2.75) is 13.8 Å². The van der Waals surface area contributed by atoms with E-state index in [1.165, 1.54) is 0 Å². The molecule has 0 saturated heterocycles. The maximum absolute atomic E-state index is 11.5. The predicted molar refractivity (Wildman–Crippen MR) is 58.7 cm³/mol. The van der Waals surface area contributed by atoms with E-state index >= 15 is 0 Å². The van der Waals surface area contributed by atoms with Gasteiger partial charge in [0.15, 0.2) is 0 Å². The summed E-state index contributed by atoms with van der Waals surface area (Å²) in [5, 5.41) is 9.18. The van der Waals surface area contributed by atoms with Crippen LogP contribution in [0.3, 0.4) is 0 Å². The Morgan fingerprint density at radius 3 is 2.80 bits per heavy atom. The fraction of sp³-hybridized carbons (Fsp3) is 0.600. The Kier molecular flexibility index (Phi) is 4.83. The van der Waals surface area contributed by atoms with Gasteiger partial charge in [0.25, 0.3) is 5.91 Å². The van der Waals surface area contributed by atoms with Gasteiger partial charge in [0.1, 0.15) is 5.69 Å². The largest absolute Gasteiger partial charge is 0.349 e. The molecule has 0 atom stereocenters. The highest BCUT2D eigenvalue weighted by Crippen LogP contribution is 1.90. The molecule has 0 bridgehead atoms. The summed E-state index contributed by atoms with van der Waals surface area (Å²) in [6, 6.07) is 1.66. The fourth-order valence-corrected chi connectivity index (χ4v) is 1.34. The Morgan fingerprint density at radius 2 is 2.27 bits per heavy atom. The third-order valence-corrected chi connectivity index (χ3v) is 2.35. The Labute approximate surface area is 89.9 Å². The molecular weight excluding hydrogens is 192 g/mol. The lowest BCUT2D eigenvalue weighted by molar-refractivity contribution is 0.0944. The first-order valence-electron chi connectivity index (χ1n) is 5.27. The number of hydrogen-bond acceptors (Lipinski definition) is 3. The van der Waals surface area contributed by atoms with Gasteiger partial charge in [0.05, 0.1) is 0 Å². The average Bonchev–Trinajstić information content (AvgIpc) is 2.77. The summed E-state index contributed by atoms with van der Waals surface area (Å²) < 4.78 is 0. The topological polar surface area (TPSA) is 61.0 Å². The predicted octanol–water partition coefficient (Wildman–Crippen LogP) is 0.481. The number of H-pyrrole nitrogens is 1. The van der Waals surface area contributed by atoms with Crippen molar-refractivity contribution >= 4 is 5.91 Å². The second kappa shape index (κ2) is 6.19. The lowest BCUT2D eigenvalue weighted by atomic mass is 10.4. The van der Waals surface area contributed by atoms with Crippen LogP contribution in [0.2, 0.25) is 0 Å². The molecule has 0 aliphatic heterocycles. The molecule has 0 saturated carbocycles. The van der Waals surface area contributed by atoms with Crippen LogP contribution in [0.4, 0.5) is 0 Å². The summed E-state index contributed by atoms with van der Waals surface area (Å²) in [6.07, 6.45) is 1.57. The van der Waals surface area contributed by atoms with E-state index in [1.54, 1.807) is 12.3 Å². The molecular formula is C10H18N4O. The quantitative estimate of drug-likeness (QED) is 0.718. The van der Waals surface area contributed by atoms with Crippen LogP contribution in [0.1, 0.15) is 24.3 Å². The summed E-state index contributed by atoms with van der Waals surface area (Å²) in [5.41, 5.74) is 0.509. The molecule has 0 aliphatic carbocycles. The smallest absolute Gasteiger partial charge is 0.269 e. The van der Waals surface area contributed by atoms with Crippen LogP contribution in [0.15, 0.2) is 12.3 Å². The minimum Gasteiger partial charge on any atom is -0.349 e. The fourth-order valence-electron chi connectivity index (χ4n) is 1.34. The molecule has 84 valence electrons. The lowest BCUT2D eigenvalue weighted by Crippen LogP contribution is -2.34. The number of hydrogen-bond donors (Lipinski definition) is 2. The Morgan fingerprint density at radius 1 is 1.53 bits per heavy atom. The Balaban J connectivity index is 2.23. The van der Waals surface area contributed by atoms with E-state index in [1.807, 2.05) is 0 Å². The maximum Gasteiger partial charge on any atom is 0.269 e. The molecule has 5 heteroatoms. The van der Waals surface area contributed by atoms with Crippen LogP contribution in [-0.2, 0) is 0 Å². The summed E-state index contributed by atoms with van der Waals surface area (Å²) in [6.45, 7) is 7.79. The van der Waals surface area contributed by atoms with Crippen molar-refractivity contribution in [2.24, 2.45) is 0 Å². The van der Waals surface area contributed by atoms with Crippen LogP contribution in [0.25, 0.3) is 0 Å². The molecule has 1 rings (SSSR count). The van der Waals surface area contributed by atoms with Gasteiger partial charge < -0.3 is 10.2 Å². The highest BCUT2D eigenvalue weighted by molar-refractivity contribution is 5.92. The molecule has 0 radical (unpaired) electrons. The molecule has 1 aromatic rings. The number of nitrogens with one attached hydrogen (secondary N) is 2. The SMILES string of the molecule is CCN(CC)CCNC(=O)c1ccn[nH]1. The zero-order valence-corrected chi connectivity index (χ0v) is 9.29. The summed E-state index contributed by atoms with van der Waals surface area (Å²) in [4.78, 5) is 13.7. The summed E-state index contributed by atoms with van der Waals surface area (Å²) >= 11 is 0. The molecule has 1 amide bonds.